The van der Waals surface area contributed by atoms with Crippen molar-refractivity contribution in [3.63, 3.8) is 0 Å². The quantitative estimate of drug-likeness (QED) is 0.231. The number of fused-ring (bicyclic) bond motifs is 2. The number of hydrogen-bond acceptors (Lipinski definition) is 5. The summed E-state index contributed by atoms with van der Waals surface area (Å²) in [5.74, 6) is -3.81. The molecule has 6 rings (SSSR count). The minimum atomic E-state index is -1.19. The van der Waals surface area contributed by atoms with Gasteiger partial charge in [0, 0.05) is 24.4 Å². The number of nitrogens with two attached hydrogens (primary N) is 1. The molecule has 4 aliphatic carbocycles. The van der Waals surface area contributed by atoms with Crippen molar-refractivity contribution in [2.45, 2.75) is 92.7 Å². The lowest BCUT2D eigenvalue weighted by molar-refractivity contribution is -0.143. The number of primary amides is 1. The molecule has 0 spiro atoms. The van der Waals surface area contributed by atoms with Crippen LogP contribution < -0.4 is 21.7 Å². The second-order valence-electron chi connectivity index (χ2n) is 13.1. The highest BCUT2D eigenvalue weighted by molar-refractivity contribution is 6.51. The summed E-state index contributed by atoms with van der Waals surface area (Å²) in [6.45, 7) is 0.147. The van der Waals surface area contributed by atoms with Gasteiger partial charge in [0.2, 0.25) is 17.6 Å². The second kappa shape index (κ2) is 11.9. The van der Waals surface area contributed by atoms with E-state index in [-0.39, 0.29) is 36.2 Å². The molecule has 232 valence electrons. The third-order valence-corrected chi connectivity index (χ3v) is 11.1. The van der Waals surface area contributed by atoms with E-state index in [1.165, 1.54) is 4.90 Å². The third-order valence-electron chi connectivity index (χ3n) is 10.1. The summed E-state index contributed by atoms with van der Waals surface area (Å²) in [7, 11) is 0. The molecule has 4 fully saturated rings. The predicted octanol–water partition coefficient (Wildman–Crippen LogP) is 2.37. The molecule has 0 bridgehead atoms. The number of rotatable bonds is 10. The lowest BCUT2D eigenvalue weighted by Crippen LogP contribution is -2.60. The zero-order valence-corrected chi connectivity index (χ0v) is 25.5. The highest BCUT2D eigenvalue weighted by Gasteiger charge is 2.74. The molecule has 1 aromatic carbocycles. The van der Waals surface area contributed by atoms with Crippen LogP contribution in [0.4, 0.5) is 4.79 Å². The van der Waals surface area contributed by atoms with Crippen LogP contribution in [0.15, 0.2) is 24.3 Å². The normalized spacial score (nSPS) is 27.4. The number of piperidine rings is 1. The summed E-state index contributed by atoms with van der Waals surface area (Å²) in [5, 5.41) is 8.74. The van der Waals surface area contributed by atoms with E-state index in [2.05, 4.69) is 16.0 Å². The van der Waals surface area contributed by atoms with Crippen LogP contribution in [-0.4, -0.2) is 69.5 Å². The lowest BCUT2D eigenvalue weighted by atomic mass is 9.94. The highest BCUT2D eigenvalue weighted by atomic mass is 35.5. The number of urea groups is 1. The topological polar surface area (TPSA) is 151 Å². The molecular formula is C31H39Cl2N5O5. The fourth-order valence-corrected chi connectivity index (χ4v) is 8.31. The van der Waals surface area contributed by atoms with Gasteiger partial charge in [0.05, 0.1) is 6.04 Å². The van der Waals surface area contributed by atoms with Gasteiger partial charge in [-0.15, -0.1) is 23.2 Å². The maximum atomic E-state index is 14.4. The van der Waals surface area contributed by atoms with E-state index >= 15 is 0 Å². The van der Waals surface area contributed by atoms with Gasteiger partial charge >= 0.3 is 6.03 Å². The van der Waals surface area contributed by atoms with Gasteiger partial charge in [-0.1, -0.05) is 56.4 Å². The van der Waals surface area contributed by atoms with Crippen molar-refractivity contribution in [2.24, 2.45) is 29.4 Å². The maximum absolute atomic E-state index is 14.4. The first-order valence-corrected chi connectivity index (χ1v) is 16.3. The van der Waals surface area contributed by atoms with Gasteiger partial charge in [0.25, 0.3) is 5.91 Å². The molecule has 5 N–H and O–H groups in total. The average molecular weight is 633 g/mol. The Morgan fingerprint density at radius 2 is 1.60 bits per heavy atom. The summed E-state index contributed by atoms with van der Waals surface area (Å²) >= 11 is 13.1. The summed E-state index contributed by atoms with van der Waals surface area (Å²) < 4.78 is -1.19. The first-order chi connectivity index (χ1) is 20.5. The molecule has 5 atom stereocenters. The molecule has 1 aromatic rings. The van der Waals surface area contributed by atoms with Crippen molar-refractivity contribution in [1.82, 2.24) is 20.9 Å². The minimum Gasteiger partial charge on any atom is -0.363 e. The Morgan fingerprint density at radius 1 is 0.953 bits per heavy atom. The van der Waals surface area contributed by atoms with Gasteiger partial charge < -0.3 is 26.6 Å². The number of nitrogens with one attached hydrogen (secondary N) is 3. The molecular weight excluding hydrogens is 593 g/mol. The number of hydrogen-bond donors (Lipinski definition) is 4. The van der Waals surface area contributed by atoms with E-state index in [1.54, 1.807) is 0 Å². The predicted molar refractivity (Wildman–Crippen MR) is 160 cm³/mol. The van der Waals surface area contributed by atoms with E-state index in [1.807, 2.05) is 24.3 Å². The number of halogens is 2. The number of nitrogens with zero attached hydrogens (tertiary/aromatic N) is 1. The van der Waals surface area contributed by atoms with Crippen LogP contribution in [0, 0.1) is 23.7 Å². The summed E-state index contributed by atoms with van der Waals surface area (Å²) in [5.41, 5.74) is 7.55. The number of amides is 5. The zero-order valence-electron chi connectivity index (χ0n) is 24.0. The Balaban J connectivity index is 1.23. The van der Waals surface area contributed by atoms with E-state index in [0.717, 1.165) is 56.1 Å². The molecule has 0 aromatic heterocycles. The molecule has 5 aliphatic rings. The van der Waals surface area contributed by atoms with Crippen LogP contribution in [-0.2, 0) is 32.0 Å². The van der Waals surface area contributed by atoms with Crippen molar-refractivity contribution in [1.29, 1.82) is 0 Å². The van der Waals surface area contributed by atoms with Crippen molar-refractivity contribution >= 4 is 52.7 Å². The van der Waals surface area contributed by atoms with E-state index in [4.69, 9.17) is 28.9 Å². The van der Waals surface area contributed by atoms with Gasteiger partial charge in [-0.3, -0.25) is 19.2 Å². The number of carbonyl (C=O) groups is 5. The molecule has 0 radical (unpaired) electrons. The number of likely N-dealkylation sites (tertiary alicyclic amines) is 1. The largest absolute Gasteiger partial charge is 0.363 e. The fraction of sp³-hybridized carbons (Fsp3) is 0.645. The Bertz CT molecular complexity index is 1290. The smallest absolute Gasteiger partial charge is 0.315 e. The van der Waals surface area contributed by atoms with Gasteiger partial charge in [-0.05, 0) is 55.1 Å². The number of benzene rings is 1. The van der Waals surface area contributed by atoms with Crippen LogP contribution in [0.1, 0.15) is 62.5 Å². The molecule has 1 saturated heterocycles. The first kappa shape index (κ1) is 30.2. The third kappa shape index (κ3) is 6.23. The highest BCUT2D eigenvalue weighted by Crippen LogP contribution is 2.65. The fourth-order valence-electron chi connectivity index (χ4n) is 7.48. The molecule has 43 heavy (non-hydrogen) atoms. The minimum absolute atomic E-state index is 0.0579. The number of carbonyl (C=O) groups excluding carboxylic acids is 5. The summed E-state index contributed by atoms with van der Waals surface area (Å²) in [4.78, 5) is 67.3. The molecule has 12 heteroatoms. The number of ketones is 1. The molecule has 10 nitrogen and oxygen atoms in total. The van der Waals surface area contributed by atoms with Crippen molar-refractivity contribution in [3.05, 3.63) is 35.4 Å². The Labute approximate surface area is 261 Å². The first-order valence-electron chi connectivity index (χ1n) is 15.5. The van der Waals surface area contributed by atoms with Crippen molar-refractivity contribution in [3.8, 4) is 0 Å². The van der Waals surface area contributed by atoms with E-state index in [0.29, 0.717) is 19.3 Å². The van der Waals surface area contributed by atoms with E-state index < -0.39 is 52.0 Å². The second-order valence-corrected chi connectivity index (χ2v) is 14.5. The average Bonchev–Trinajstić information content (AvgIpc) is 3.73. The standard InChI is InChI=1S/C31H39Cl2N5O5/c32-31(33)21-15-38(25(23(21)31)28(41)36-22(12-16-10-11-16)26(39)27(34)40)29(42)24(19-13-17-6-4-5-7-18(17)14-19)37-30(43)35-20-8-2-1-3-9-20/h4-7,16,19-25H,1-3,8-15H2,(H2,34,40)(H,36,41)(H2,35,37,43)/t21-,22-,23-,24-,25-/m0/s1. The Morgan fingerprint density at radius 3 is 2.21 bits per heavy atom. The number of alkyl halides is 2. The zero-order chi connectivity index (χ0) is 30.5. The summed E-state index contributed by atoms with van der Waals surface area (Å²) in [6.07, 6.45) is 8.40. The van der Waals surface area contributed by atoms with Crippen molar-refractivity contribution < 1.29 is 24.0 Å². The lowest BCUT2D eigenvalue weighted by Gasteiger charge is -2.35. The number of Topliss-reactive ketones (excluding diaryl/α,β-unsaturated/α-hetero) is 1. The summed E-state index contributed by atoms with van der Waals surface area (Å²) in [6, 6.07) is 4.63. The van der Waals surface area contributed by atoms with Crippen molar-refractivity contribution in [2.75, 3.05) is 6.54 Å². The molecule has 3 saturated carbocycles. The molecule has 0 unspecified atom stereocenters. The van der Waals surface area contributed by atoms with E-state index in [9.17, 15) is 24.0 Å². The molecule has 1 heterocycles. The van der Waals surface area contributed by atoms with Gasteiger partial charge in [-0.2, -0.15) is 0 Å². The Hall–Kier alpha value is -2.85. The van der Waals surface area contributed by atoms with Gasteiger partial charge in [0.15, 0.2) is 0 Å². The van der Waals surface area contributed by atoms with Crippen LogP contribution >= 0.6 is 23.2 Å². The van der Waals surface area contributed by atoms with Gasteiger partial charge in [0.1, 0.15) is 16.4 Å². The van der Waals surface area contributed by atoms with Crippen LogP contribution in [0.2, 0.25) is 0 Å². The van der Waals surface area contributed by atoms with Gasteiger partial charge in [-0.25, -0.2) is 4.79 Å². The Kier molecular flexibility index (Phi) is 8.37. The molecule has 5 amide bonds. The van der Waals surface area contributed by atoms with Crippen LogP contribution in [0.3, 0.4) is 0 Å². The monoisotopic (exact) mass is 631 g/mol. The van der Waals surface area contributed by atoms with Crippen LogP contribution in [0.5, 0.6) is 0 Å². The maximum Gasteiger partial charge on any atom is 0.315 e. The molecule has 1 aliphatic heterocycles. The van der Waals surface area contributed by atoms with Crippen LogP contribution in [0.25, 0.3) is 0 Å². The SMILES string of the molecule is NC(=O)C(=O)[C@H](CC1CC1)NC(=O)[C@@H]1[C@@H]2[C@H](CN1C(=O)[C@@H](NC(=O)NC1CCCCC1)C1Cc3ccccc3C1)C2(Cl)Cl.